The smallest absolute Gasteiger partial charge is 0.154 e. The zero-order valence-electron chi connectivity index (χ0n) is 13.2. The van der Waals surface area contributed by atoms with Gasteiger partial charge in [-0.2, -0.15) is 0 Å². The molecule has 0 radical (unpaired) electrons. The van der Waals surface area contributed by atoms with E-state index in [4.69, 9.17) is 4.74 Å². The van der Waals surface area contributed by atoms with Crippen LogP contribution in [0.25, 0.3) is 0 Å². The zero-order valence-corrected chi connectivity index (χ0v) is 13.2. The van der Waals surface area contributed by atoms with Crippen LogP contribution in [0.5, 0.6) is 0 Å². The highest BCUT2D eigenvalue weighted by Gasteiger charge is 2.36. The summed E-state index contributed by atoms with van der Waals surface area (Å²) in [4.78, 5) is 11.1. The normalized spacial score (nSPS) is 22.0. The Balaban J connectivity index is 1.55. The van der Waals surface area contributed by atoms with Crippen LogP contribution in [0.1, 0.15) is 42.8 Å². The Hall–Kier alpha value is -1.08. The monoisotopic (exact) mass is 307 g/mol. The number of ether oxygens (including phenoxy) is 1. The lowest BCUT2D eigenvalue weighted by Crippen LogP contribution is -2.44. The van der Waals surface area contributed by atoms with Gasteiger partial charge in [0.05, 0.1) is 11.7 Å². The minimum Gasteiger partial charge on any atom is -0.392 e. The standard InChI is InChI=1S/C16H25N3O3/c1-22-11-15-17-8-12-9-19(6-3-14(12)18-15)10-13(20)7-16(21)4-2-5-16/h8,13,20-21H,2-7,9-11H2,1H3. The summed E-state index contributed by atoms with van der Waals surface area (Å²) >= 11 is 0. The second kappa shape index (κ2) is 6.58. The van der Waals surface area contributed by atoms with Gasteiger partial charge in [0.15, 0.2) is 5.82 Å². The molecule has 0 aromatic carbocycles. The van der Waals surface area contributed by atoms with E-state index in [0.717, 1.165) is 55.9 Å². The van der Waals surface area contributed by atoms with E-state index in [2.05, 4.69) is 14.9 Å². The fourth-order valence-corrected chi connectivity index (χ4v) is 3.36. The lowest BCUT2D eigenvalue weighted by molar-refractivity contribution is -0.0734. The molecule has 22 heavy (non-hydrogen) atoms. The molecule has 6 nitrogen and oxygen atoms in total. The zero-order chi connectivity index (χ0) is 15.6. The summed E-state index contributed by atoms with van der Waals surface area (Å²) < 4.78 is 5.06. The number of methoxy groups -OCH3 is 1. The van der Waals surface area contributed by atoms with Crippen molar-refractivity contribution in [1.82, 2.24) is 14.9 Å². The van der Waals surface area contributed by atoms with Gasteiger partial charge >= 0.3 is 0 Å². The SMILES string of the molecule is COCc1ncc2c(n1)CCN(CC(O)CC1(O)CCC1)C2. The van der Waals surface area contributed by atoms with E-state index < -0.39 is 11.7 Å². The van der Waals surface area contributed by atoms with Gasteiger partial charge in [-0.15, -0.1) is 0 Å². The van der Waals surface area contributed by atoms with E-state index in [1.807, 2.05) is 6.20 Å². The molecule has 1 fully saturated rings. The molecule has 2 N–H and O–H groups in total. The van der Waals surface area contributed by atoms with Crippen molar-refractivity contribution in [3.05, 3.63) is 23.3 Å². The Labute approximate surface area is 131 Å². The summed E-state index contributed by atoms with van der Waals surface area (Å²) in [5.41, 5.74) is 1.59. The first kappa shape index (κ1) is 15.8. The van der Waals surface area contributed by atoms with E-state index in [9.17, 15) is 10.2 Å². The largest absolute Gasteiger partial charge is 0.392 e. The molecule has 1 aromatic heterocycles. The summed E-state index contributed by atoms with van der Waals surface area (Å²) in [7, 11) is 1.64. The van der Waals surface area contributed by atoms with Crippen LogP contribution in [0, 0.1) is 0 Å². The minimum atomic E-state index is -0.620. The van der Waals surface area contributed by atoms with Gasteiger partial charge in [-0.3, -0.25) is 4.90 Å². The predicted octanol–water partition coefficient (Wildman–Crippen LogP) is 0.647. The van der Waals surface area contributed by atoms with Gasteiger partial charge in [0.25, 0.3) is 0 Å². The molecule has 3 rings (SSSR count). The third kappa shape index (κ3) is 3.63. The number of aliphatic hydroxyl groups is 2. The number of hydrogen-bond acceptors (Lipinski definition) is 6. The second-order valence-corrected chi connectivity index (χ2v) is 6.61. The Bertz CT molecular complexity index is 519. The van der Waals surface area contributed by atoms with Gasteiger partial charge < -0.3 is 14.9 Å². The first-order valence-corrected chi connectivity index (χ1v) is 8.03. The van der Waals surface area contributed by atoms with Crippen LogP contribution >= 0.6 is 0 Å². The van der Waals surface area contributed by atoms with Crippen LogP contribution in [0.4, 0.5) is 0 Å². The fraction of sp³-hybridized carbons (Fsp3) is 0.750. The molecule has 1 unspecified atom stereocenters. The van der Waals surface area contributed by atoms with Crippen LogP contribution in [0.3, 0.4) is 0 Å². The molecular weight excluding hydrogens is 282 g/mol. The van der Waals surface area contributed by atoms with Crippen LogP contribution in [-0.4, -0.2) is 57.0 Å². The number of rotatable bonds is 6. The third-order valence-corrected chi connectivity index (χ3v) is 4.71. The molecule has 1 saturated carbocycles. The number of β-amino-alcohol motifs (C(OH)–C–C–N with tert-alkyl or cyclic N) is 1. The number of aliphatic hydroxyl groups excluding tert-OH is 1. The molecule has 0 spiro atoms. The first-order valence-electron chi connectivity index (χ1n) is 8.03. The molecule has 0 saturated heterocycles. The highest BCUT2D eigenvalue weighted by molar-refractivity contribution is 5.20. The quantitative estimate of drug-likeness (QED) is 0.803. The van der Waals surface area contributed by atoms with Crippen molar-refractivity contribution in [3.8, 4) is 0 Å². The molecule has 1 aliphatic carbocycles. The maximum absolute atomic E-state index is 10.2. The average Bonchev–Trinajstić information content (AvgIpc) is 2.46. The number of nitrogens with zero attached hydrogens (tertiary/aromatic N) is 3. The van der Waals surface area contributed by atoms with E-state index in [1.54, 1.807) is 7.11 Å². The predicted molar refractivity (Wildman–Crippen MR) is 81.2 cm³/mol. The highest BCUT2D eigenvalue weighted by Crippen LogP contribution is 2.35. The molecule has 2 heterocycles. The van der Waals surface area contributed by atoms with Crippen molar-refractivity contribution in [1.29, 1.82) is 0 Å². The van der Waals surface area contributed by atoms with Gasteiger partial charge in [-0.25, -0.2) is 9.97 Å². The van der Waals surface area contributed by atoms with Gasteiger partial charge in [-0.05, 0) is 19.3 Å². The van der Waals surface area contributed by atoms with Crippen molar-refractivity contribution >= 4 is 0 Å². The van der Waals surface area contributed by atoms with Gasteiger partial charge in [-0.1, -0.05) is 0 Å². The van der Waals surface area contributed by atoms with Crippen LogP contribution in [0.2, 0.25) is 0 Å². The van der Waals surface area contributed by atoms with Crippen LogP contribution in [0.15, 0.2) is 6.20 Å². The number of aromatic nitrogens is 2. The summed E-state index contributed by atoms with van der Waals surface area (Å²) in [6.07, 6.45) is 5.47. The fourth-order valence-electron chi connectivity index (χ4n) is 3.36. The molecule has 1 atom stereocenters. The first-order chi connectivity index (χ1) is 10.6. The Morgan fingerprint density at radius 1 is 1.45 bits per heavy atom. The lowest BCUT2D eigenvalue weighted by Gasteiger charge is -2.39. The van der Waals surface area contributed by atoms with Crippen molar-refractivity contribution in [2.24, 2.45) is 0 Å². The average molecular weight is 307 g/mol. The summed E-state index contributed by atoms with van der Waals surface area (Å²) in [5, 5.41) is 20.4. The van der Waals surface area contributed by atoms with Gasteiger partial charge in [0.2, 0.25) is 0 Å². The summed E-state index contributed by atoms with van der Waals surface area (Å²) in [6.45, 7) is 2.68. The van der Waals surface area contributed by atoms with Crippen LogP contribution < -0.4 is 0 Å². The number of fused-ring (bicyclic) bond motifs is 1. The summed E-state index contributed by atoms with van der Waals surface area (Å²) in [6, 6.07) is 0. The van der Waals surface area contributed by atoms with Crippen molar-refractivity contribution in [3.63, 3.8) is 0 Å². The van der Waals surface area contributed by atoms with E-state index in [-0.39, 0.29) is 0 Å². The summed E-state index contributed by atoms with van der Waals surface area (Å²) in [5.74, 6) is 0.724. The van der Waals surface area contributed by atoms with Crippen molar-refractivity contribution in [2.45, 2.75) is 57.0 Å². The Kier molecular flexibility index (Phi) is 4.73. The van der Waals surface area contributed by atoms with E-state index >= 15 is 0 Å². The molecule has 1 aromatic rings. The molecule has 122 valence electrons. The molecule has 6 heteroatoms. The van der Waals surface area contributed by atoms with Crippen molar-refractivity contribution < 1.29 is 14.9 Å². The van der Waals surface area contributed by atoms with E-state index in [0.29, 0.717) is 19.6 Å². The molecule has 0 amide bonds. The third-order valence-electron chi connectivity index (χ3n) is 4.71. The maximum atomic E-state index is 10.2. The Morgan fingerprint density at radius 2 is 2.27 bits per heavy atom. The molecular formula is C16H25N3O3. The lowest BCUT2D eigenvalue weighted by atomic mass is 9.76. The van der Waals surface area contributed by atoms with Gasteiger partial charge in [0.1, 0.15) is 6.61 Å². The maximum Gasteiger partial charge on any atom is 0.154 e. The topological polar surface area (TPSA) is 78.7 Å². The van der Waals surface area contributed by atoms with Crippen LogP contribution in [-0.2, 0) is 24.3 Å². The van der Waals surface area contributed by atoms with Crippen molar-refractivity contribution in [2.75, 3.05) is 20.2 Å². The molecule has 2 aliphatic rings. The molecule has 1 aliphatic heterocycles. The van der Waals surface area contributed by atoms with E-state index in [1.165, 1.54) is 0 Å². The number of hydrogen-bond donors (Lipinski definition) is 2. The minimum absolute atomic E-state index is 0.439. The molecule has 0 bridgehead atoms. The second-order valence-electron chi connectivity index (χ2n) is 6.61. The highest BCUT2D eigenvalue weighted by atomic mass is 16.5. The van der Waals surface area contributed by atoms with Gasteiger partial charge in [0, 0.05) is 57.0 Å². The Morgan fingerprint density at radius 3 is 2.95 bits per heavy atom.